The summed E-state index contributed by atoms with van der Waals surface area (Å²) in [5, 5.41) is 30.8. The molecule has 0 bridgehead atoms. The molecule has 0 aliphatic heterocycles. The van der Waals surface area contributed by atoms with Crippen LogP contribution in [0.5, 0.6) is 5.75 Å². The van der Waals surface area contributed by atoms with Crippen molar-refractivity contribution >= 4 is 17.0 Å². The number of phenols is 1. The van der Waals surface area contributed by atoms with Crippen LogP contribution in [0.1, 0.15) is 44.7 Å². The average molecular weight is 338 g/mol. The number of fused-ring (bicyclic) bond motifs is 1. The fourth-order valence-electron chi connectivity index (χ4n) is 2.81. The topological polar surface area (TPSA) is 87.9 Å². The summed E-state index contributed by atoms with van der Waals surface area (Å²) in [5.41, 5.74) is 2.63. The van der Waals surface area contributed by atoms with Gasteiger partial charge in [-0.25, -0.2) is 9.90 Å². The molecule has 6 heteroatoms. The van der Waals surface area contributed by atoms with E-state index >= 15 is 0 Å². The number of hydrogen-bond donors (Lipinski definition) is 1. The van der Waals surface area contributed by atoms with Crippen LogP contribution in [-0.2, 0) is 15.3 Å². The summed E-state index contributed by atoms with van der Waals surface area (Å²) in [6.07, 6.45) is 0. The number of aromatic hydroxyl groups is 1. The van der Waals surface area contributed by atoms with Crippen LogP contribution in [0.2, 0.25) is 0 Å². The van der Waals surface area contributed by atoms with Crippen molar-refractivity contribution in [2.75, 3.05) is 0 Å². The molecular formula is C19H20N3O3. The quantitative estimate of drug-likeness (QED) is 0.792. The van der Waals surface area contributed by atoms with Gasteiger partial charge in [-0.05, 0) is 41.7 Å². The molecule has 1 atom stereocenters. The van der Waals surface area contributed by atoms with Gasteiger partial charge in [0.15, 0.2) is 0 Å². The molecule has 1 unspecified atom stereocenters. The standard InChI is InChI=1S/C19H20N3O3/c1-11(18(24)25)12-9-13(19(2,3)4)17(23)10-16(12)22-20-14-7-5-6-8-15(14)21-22/h5-11,23H,1-4H3. The largest absolute Gasteiger partial charge is 0.508 e. The van der Waals surface area contributed by atoms with Crippen LogP contribution in [0.3, 0.4) is 0 Å². The second-order valence-electron chi connectivity index (χ2n) is 7.20. The Labute approximate surface area is 145 Å². The van der Waals surface area contributed by atoms with E-state index < -0.39 is 11.9 Å². The molecule has 0 saturated carbocycles. The maximum absolute atomic E-state index is 11.5. The van der Waals surface area contributed by atoms with E-state index in [0.717, 1.165) is 0 Å². The van der Waals surface area contributed by atoms with Crippen molar-refractivity contribution in [1.82, 2.24) is 15.0 Å². The summed E-state index contributed by atoms with van der Waals surface area (Å²) in [6.45, 7) is 7.42. The zero-order valence-electron chi connectivity index (χ0n) is 14.6. The lowest BCUT2D eigenvalue weighted by atomic mass is 9.83. The van der Waals surface area contributed by atoms with Crippen LogP contribution in [0.25, 0.3) is 16.7 Å². The fraction of sp³-hybridized carbons (Fsp3) is 0.316. The van der Waals surface area contributed by atoms with E-state index in [0.29, 0.717) is 27.8 Å². The van der Waals surface area contributed by atoms with Gasteiger partial charge >= 0.3 is 5.97 Å². The number of carbonyl (C=O) groups excluding carboxylic acids is 1. The summed E-state index contributed by atoms with van der Waals surface area (Å²) >= 11 is 0. The third-order valence-corrected chi connectivity index (χ3v) is 4.28. The second-order valence-corrected chi connectivity index (χ2v) is 7.20. The summed E-state index contributed by atoms with van der Waals surface area (Å²) in [5.74, 6) is -1.98. The lowest BCUT2D eigenvalue weighted by Gasteiger charge is -2.23. The third kappa shape index (κ3) is 3.07. The average Bonchev–Trinajstić information content (AvgIpc) is 2.96. The Hall–Kier alpha value is -2.89. The molecule has 0 amide bonds. The maximum Gasteiger partial charge on any atom is 0.362 e. The lowest BCUT2D eigenvalue weighted by Crippen LogP contribution is -2.16. The van der Waals surface area contributed by atoms with Crippen molar-refractivity contribution < 1.29 is 15.0 Å². The van der Waals surface area contributed by atoms with Crippen molar-refractivity contribution in [3.05, 3.63) is 47.5 Å². The van der Waals surface area contributed by atoms with E-state index in [4.69, 9.17) is 0 Å². The van der Waals surface area contributed by atoms with Gasteiger partial charge in [0.1, 0.15) is 16.8 Å². The zero-order chi connectivity index (χ0) is 18.4. The molecule has 3 rings (SSSR count). The predicted octanol–water partition coefficient (Wildman–Crippen LogP) is 3.48. The van der Waals surface area contributed by atoms with E-state index in [1.54, 1.807) is 13.0 Å². The second kappa shape index (κ2) is 5.88. The number of phenolic OH excluding ortho intramolecular Hbond substituents is 1. The van der Waals surface area contributed by atoms with Gasteiger partial charge in [-0.2, -0.15) is 0 Å². The van der Waals surface area contributed by atoms with Crippen LogP contribution < -0.4 is 0 Å². The van der Waals surface area contributed by atoms with Crippen LogP contribution >= 0.6 is 0 Å². The molecule has 0 saturated heterocycles. The third-order valence-electron chi connectivity index (χ3n) is 4.28. The van der Waals surface area contributed by atoms with Gasteiger partial charge in [-0.1, -0.05) is 32.9 Å². The number of aromatic nitrogens is 3. The molecule has 1 heterocycles. The zero-order valence-corrected chi connectivity index (χ0v) is 14.6. The van der Waals surface area contributed by atoms with E-state index in [1.807, 2.05) is 45.0 Å². The highest BCUT2D eigenvalue weighted by Gasteiger charge is 2.27. The molecule has 1 N–H and O–H groups in total. The number of hydrogen-bond acceptors (Lipinski definition) is 4. The first-order valence-corrected chi connectivity index (χ1v) is 8.09. The van der Waals surface area contributed by atoms with Crippen molar-refractivity contribution in [1.29, 1.82) is 0 Å². The van der Waals surface area contributed by atoms with Crippen LogP contribution in [-0.4, -0.2) is 26.1 Å². The highest BCUT2D eigenvalue weighted by atomic mass is 16.4. The van der Waals surface area contributed by atoms with Gasteiger partial charge in [-0.15, -0.1) is 15.0 Å². The van der Waals surface area contributed by atoms with Gasteiger partial charge in [-0.3, -0.25) is 0 Å². The van der Waals surface area contributed by atoms with E-state index in [-0.39, 0.29) is 11.2 Å². The molecule has 0 aliphatic rings. The molecule has 0 aliphatic carbocycles. The first-order valence-electron chi connectivity index (χ1n) is 8.09. The predicted molar refractivity (Wildman–Crippen MR) is 93.3 cm³/mol. The molecule has 0 spiro atoms. The summed E-state index contributed by atoms with van der Waals surface area (Å²) in [6, 6.07) is 10.6. The van der Waals surface area contributed by atoms with Crippen molar-refractivity contribution in [3.8, 4) is 11.4 Å². The first-order chi connectivity index (χ1) is 11.7. The smallest absolute Gasteiger partial charge is 0.362 e. The first kappa shape index (κ1) is 17.0. The van der Waals surface area contributed by atoms with E-state index in [9.17, 15) is 15.0 Å². The van der Waals surface area contributed by atoms with Crippen LogP contribution in [0.15, 0.2) is 36.4 Å². The normalized spacial score (nSPS) is 13.1. The van der Waals surface area contributed by atoms with Crippen LogP contribution in [0, 0.1) is 0 Å². The molecule has 3 aromatic rings. The SMILES string of the molecule is CC(C([O])=O)c1cc(C(C)(C)C)c(O)cc1-n1nc2ccccc2n1. The summed E-state index contributed by atoms with van der Waals surface area (Å²) in [7, 11) is 0. The number of nitrogens with zero attached hydrogens (tertiary/aromatic N) is 3. The molecule has 0 fully saturated rings. The summed E-state index contributed by atoms with van der Waals surface area (Å²) in [4.78, 5) is 12.8. The van der Waals surface area contributed by atoms with Gasteiger partial charge in [0.05, 0.1) is 11.6 Å². The van der Waals surface area contributed by atoms with Crippen molar-refractivity contribution in [2.24, 2.45) is 0 Å². The minimum absolute atomic E-state index is 0.0816. The minimum Gasteiger partial charge on any atom is -0.508 e. The maximum atomic E-state index is 11.5. The van der Waals surface area contributed by atoms with Crippen molar-refractivity contribution in [3.63, 3.8) is 0 Å². The Morgan fingerprint density at radius 3 is 2.16 bits per heavy atom. The molecular weight excluding hydrogens is 318 g/mol. The Bertz CT molecular complexity index is 921. The Morgan fingerprint density at radius 1 is 1.12 bits per heavy atom. The van der Waals surface area contributed by atoms with Gasteiger partial charge in [0.2, 0.25) is 0 Å². The molecule has 129 valence electrons. The Balaban J connectivity index is 2.27. The fourth-order valence-corrected chi connectivity index (χ4v) is 2.81. The summed E-state index contributed by atoms with van der Waals surface area (Å²) < 4.78 is 0. The van der Waals surface area contributed by atoms with E-state index in [1.165, 1.54) is 10.9 Å². The number of rotatable bonds is 3. The van der Waals surface area contributed by atoms with Gasteiger partial charge < -0.3 is 5.11 Å². The van der Waals surface area contributed by atoms with Crippen LogP contribution in [0.4, 0.5) is 0 Å². The number of carbonyl (C=O) groups is 1. The monoisotopic (exact) mass is 338 g/mol. The van der Waals surface area contributed by atoms with Gasteiger partial charge in [0, 0.05) is 6.07 Å². The Morgan fingerprint density at radius 2 is 1.68 bits per heavy atom. The van der Waals surface area contributed by atoms with Crippen molar-refractivity contribution in [2.45, 2.75) is 39.0 Å². The molecule has 1 aromatic heterocycles. The number of benzene rings is 2. The van der Waals surface area contributed by atoms with E-state index in [2.05, 4.69) is 10.2 Å². The molecule has 2 aromatic carbocycles. The molecule has 25 heavy (non-hydrogen) atoms. The minimum atomic E-state index is -1.19. The highest BCUT2D eigenvalue weighted by molar-refractivity contribution is 5.78. The molecule has 6 nitrogen and oxygen atoms in total. The van der Waals surface area contributed by atoms with Gasteiger partial charge in [0.25, 0.3) is 0 Å². The lowest BCUT2D eigenvalue weighted by molar-refractivity contribution is -0.144. The molecule has 1 radical (unpaired) electrons. The highest BCUT2D eigenvalue weighted by Crippen LogP contribution is 2.36. The Kier molecular flexibility index (Phi) is 3.99.